The van der Waals surface area contributed by atoms with Crippen molar-refractivity contribution in [1.82, 2.24) is 20.4 Å². The maximum Gasteiger partial charge on any atom is 0.224 e. The van der Waals surface area contributed by atoms with Gasteiger partial charge in [0.15, 0.2) is 0 Å². The van der Waals surface area contributed by atoms with Gasteiger partial charge in [0.1, 0.15) is 0 Å². The van der Waals surface area contributed by atoms with Crippen LogP contribution in [-0.4, -0.2) is 60.9 Å². The first-order chi connectivity index (χ1) is 22.6. The second kappa shape index (κ2) is 26.4. The number of rotatable bonds is 24. The number of hydrogen-bond donors (Lipinski definition) is 2. The van der Waals surface area contributed by atoms with E-state index >= 15 is 0 Å². The second-order valence-electron chi connectivity index (χ2n) is 14.5. The van der Waals surface area contributed by atoms with Crippen LogP contribution in [-0.2, 0) is 22.7 Å². The number of amides is 2. The number of hydrogen-bond acceptors (Lipinski definition) is 4. The van der Waals surface area contributed by atoms with E-state index in [1.165, 1.54) is 101 Å². The highest BCUT2D eigenvalue weighted by molar-refractivity contribution is 8.93. The molecule has 0 radical (unpaired) electrons. The molecule has 0 bridgehead atoms. The molecule has 2 N–H and O–H groups in total. The van der Waals surface area contributed by atoms with Gasteiger partial charge in [-0.1, -0.05) is 128 Å². The molecule has 2 aliphatic heterocycles. The molecule has 0 saturated carbocycles. The molecule has 0 aromatic heterocycles. The molecule has 3 rings (SSSR count). The minimum absolute atomic E-state index is 0. The fourth-order valence-corrected chi connectivity index (χ4v) is 7.32. The van der Waals surface area contributed by atoms with Gasteiger partial charge in [-0.3, -0.25) is 19.4 Å². The van der Waals surface area contributed by atoms with E-state index in [-0.39, 0.29) is 40.6 Å². The van der Waals surface area contributed by atoms with Crippen LogP contribution in [0.15, 0.2) is 24.3 Å². The summed E-state index contributed by atoms with van der Waals surface area (Å²) < 4.78 is 0. The highest BCUT2D eigenvalue weighted by atomic mass is 79.9. The van der Waals surface area contributed by atoms with Crippen LogP contribution in [0.3, 0.4) is 0 Å². The highest BCUT2D eigenvalue weighted by Gasteiger charge is 2.27. The Morgan fingerprint density at radius 3 is 1.28 bits per heavy atom. The predicted molar refractivity (Wildman–Crippen MR) is 204 cm³/mol. The second-order valence-corrected chi connectivity index (χ2v) is 14.5. The topological polar surface area (TPSA) is 64.7 Å². The Kier molecular flexibility index (Phi) is 23.5. The number of carbonyl (C=O) groups excluding carboxylic acids is 2. The maximum absolute atomic E-state index is 12.9. The molecule has 1 aromatic carbocycles. The van der Waals surface area contributed by atoms with Crippen molar-refractivity contribution < 1.29 is 9.59 Å². The third-order valence-electron chi connectivity index (χ3n) is 10.2. The molecule has 7 heteroatoms. The van der Waals surface area contributed by atoms with Gasteiger partial charge in [0.25, 0.3) is 0 Å². The lowest BCUT2D eigenvalue weighted by Crippen LogP contribution is -2.43. The average molecular weight is 720 g/mol. The van der Waals surface area contributed by atoms with Crippen LogP contribution in [0.1, 0.15) is 153 Å². The third kappa shape index (κ3) is 18.2. The zero-order chi connectivity index (χ0) is 32.7. The third-order valence-corrected chi connectivity index (χ3v) is 10.2. The van der Waals surface area contributed by atoms with Crippen LogP contribution in [0.25, 0.3) is 0 Å². The van der Waals surface area contributed by atoms with Gasteiger partial charge in [-0.2, -0.15) is 0 Å². The van der Waals surface area contributed by atoms with Gasteiger partial charge in [-0.25, -0.2) is 0 Å². The molecule has 1 aromatic rings. The van der Waals surface area contributed by atoms with E-state index in [0.29, 0.717) is 0 Å². The summed E-state index contributed by atoms with van der Waals surface area (Å²) >= 11 is 0. The summed E-state index contributed by atoms with van der Waals surface area (Å²) in [7, 11) is 0. The van der Waals surface area contributed by atoms with Crippen LogP contribution < -0.4 is 10.6 Å². The minimum atomic E-state index is 0. The summed E-state index contributed by atoms with van der Waals surface area (Å²) in [6.07, 6.45) is 24.9. The number of carbonyl (C=O) groups is 2. The Labute approximate surface area is 299 Å². The quantitative estimate of drug-likeness (QED) is 0.105. The standard InChI is InChI=1S/C40H70N4O2.BrH/c1-3-5-7-9-11-13-15-17-27-41-39(45)37-21-19-29-43(33-37)31-35-23-25-36(26-24-35)32-44-30-20-22-38(34-44)40(46)42-28-18-16-14-12-10-8-6-4-2;/h23-26,37-38H,3-22,27-34H2,1-2H3,(H,41,45)(H,42,46);1H. The van der Waals surface area contributed by atoms with E-state index in [2.05, 4.69) is 58.5 Å². The van der Waals surface area contributed by atoms with Crippen LogP contribution >= 0.6 is 17.0 Å². The first-order valence-corrected chi connectivity index (χ1v) is 19.7. The fourth-order valence-electron chi connectivity index (χ4n) is 7.32. The summed E-state index contributed by atoms with van der Waals surface area (Å²) in [5.74, 6) is 0.743. The van der Waals surface area contributed by atoms with E-state index in [1.807, 2.05) is 0 Å². The smallest absolute Gasteiger partial charge is 0.224 e. The van der Waals surface area contributed by atoms with Gasteiger partial charge in [0.05, 0.1) is 11.8 Å². The number of halogens is 1. The summed E-state index contributed by atoms with van der Waals surface area (Å²) in [6, 6.07) is 9.05. The van der Waals surface area contributed by atoms with Gasteiger partial charge in [-0.05, 0) is 62.7 Å². The first kappa shape index (κ1) is 41.7. The zero-order valence-corrected chi connectivity index (χ0v) is 32.1. The van der Waals surface area contributed by atoms with Gasteiger partial charge < -0.3 is 10.6 Å². The van der Waals surface area contributed by atoms with Crippen molar-refractivity contribution in [2.75, 3.05) is 39.3 Å². The normalized spacial score (nSPS) is 18.9. The van der Waals surface area contributed by atoms with Gasteiger partial charge in [0, 0.05) is 39.3 Å². The van der Waals surface area contributed by atoms with Crippen molar-refractivity contribution in [2.24, 2.45) is 11.8 Å². The molecule has 0 spiro atoms. The molecular weight excluding hydrogens is 648 g/mol. The Balaban J connectivity index is 0.00000768. The average Bonchev–Trinajstić information content (AvgIpc) is 3.07. The lowest BCUT2D eigenvalue weighted by molar-refractivity contribution is -0.127. The molecule has 2 atom stereocenters. The van der Waals surface area contributed by atoms with Crippen LogP contribution in [0, 0.1) is 11.8 Å². The number of unbranched alkanes of at least 4 members (excludes halogenated alkanes) is 14. The van der Waals surface area contributed by atoms with Crippen molar-refractivity contribution in [1.29, 1.82) is 0 Å². The number of benzene rings is 1. The SMILES string of the molecule is Br.CCCCCCCCCCNC(=O)C1CCCN(Cc2ccc(CN3CCCC(C(=O)NCCCCCCCCCC)C3)cc2)C1. The summed E-state index contributed by atoms with van der Waals surface area (Å²) in [6.45, 7) is 11.9. The van der Waals surface area contributed by atoms with E-state index in [9.17, 15) is 9.59 Å². The maximum atomic E-state index is 12.9. The summed E-state index contributed by atoms with van der Waals surface area (Å²) in [4.78, 5) is 30.6. The largest absolute Gasteiger partial charge is 0.356 e. The molecule has 6 nitrogen and oxygen atoms in total. The molecule has 0 aliphatic carbocycles. The fraction of sp³-hybridized carbons (Fsp3) is 0.800. The zero-order valence-electron chi connectivity index (χ0n) is 30.4. The number of likely N-dealkylation sites (tertiary alicyclic amines) is 2. The Morgan fingerprint density at radius 2 is 0.915 bits per heavy atom. The minimum Gasteiger partial charge on any atom is -0.356 e. The summed E-state index contributed by atoms with van der Waals surface area (Å²) in [5, 5.41) is 6.47. The monoisotopic (exact) mass is 718 g/mol. The Bertz CT molecular complexity index is 868. The lowest BCUT2D eigenvalue weighted by Gasteiger charge is -2.32. The molecule has 2 unspecified atom stereocenters. The van der Waals surface area contributed by atoms with Crippen LogP contribution in [0.2, 0.25) is 0 Å². The molecule has 47 heavy (non-hydrogen) atoms. The first-order valence-electron chi connectivity index (χ1n) is 19.7. The van der Waals surface area contributed by atoms with E-state index in [4.69, 9.17) is 0 Å². The van der Waals surface area contributed by atoms with Crippen molar-refractivity contribution >= 4 is 28.8 Å². The lowest BCUT2D eigenvalue weighted by atomic mass is 9.96. The number of nitrogens with zero attached hydrogens (tertiary/aromatic N) is 2. The van der Waals surface area contributed by atoms with Gasteiger partial charge in [0.2, 0.25) is 11.8 Å². The van der Waals surface area contributed by atoms with Gasteiger partial charge >= 0.3 is 0 Å². The Hall–Kier alpha value is -1.44. The number of nitrogens with one attached hydrogen (secondary N) is 2. The van der Waals surface area contributed by atoms with Crippen LogP contribution in [0.5, 0.6) is 0 Å². The van der Waals surface area contributed by atoms with Crippen molar-refractivity contribution in [3.8, 4) is 0 Å². The highest BCUT2D eigenvalue weighted by Crippen LogP contribution is 2.22. The van der Waals surface area contributed by atoms with E-state index < -0.39 is 0 Å². The van der Waals surface area contributed by atoms with Crippen molar-refractivity contribution in [2.45, 2.75) is 155 Å². The molecule has 2 amide bonds. The molecule has 2 saturated heterocycles. The summed E-state index contributed by atoms with van der Waals surface area (Å²) in [5.41, 5.74) is 2.64. The van der Waals surface area contributed by atoms with E-state index in [0.717, 1.165) is 90.9 Å². The van der Waals surface area contributed by atoms with Crippen molar-refractivity contribution in [3.05, 3.63) is 35.4 Å². The molecular formula is C40H71BrN4O2. The van der Waals surface area contributed by atoms with Crippen LogP contribution in [0.4, 0.5) is 0 Å². The van der Waals surface area contributed by atoms with E-state index in [1.54, 1.807) is 0 Å². The van der Waals surface area contributed by atoms with Gasteiger partial charge in [-0.15, -0.1) is 17.0 Å². The Morgan fingerprint density at radius 1 is 0.574 bits per heavy atom. The predicted octanol–water partition coefficient (Wildman–Crippen LogP) is 9.20. The molecule has 2 heterocycles. The van der Waals surface area contributed by atoms with Crippen molar-refractivity contribution in [3.63, 3.8) is 0 Å². The molecule has 2 fully saturated rings. The molecule has 2 aliphatic rings. The number of piperidine rings is 2. The molecule has 270 valence electrons.